The van der Waals surface area contributed by atoms with Gasteiger partial charge >= 0.3 is 0 Å². The molecular weight excluding hydrogens is 1580 g/mol. The summed E-state index contributed by atoms with van der Waals surface area (Å²) in [5.41, 5.74) is 28.1. The van der Waals surface area contributed by atoms with Gasteiger partial charge in [0.05, 0.1) is 55.9 Å². The van der Waals surface area contributed by atoms with Crippen molar-refractivity contribution in [3.8, 4) is 51.0 Å². The summed E-state index contributed by atoms with van der Waals surface area (Å²) in [5.74, 6) is 2.30. The molecule has 618 valence electrons. The number of aromatic nitrogens is 9. The van der Waals surface area contributed by atoms with Crippen LogP contribution >= 0.6 is 0 Å². The average Bonchev–Trinajstić information content (AvgIpc) is 1.57. The van der Waals surface area contributed by atoms with Crippen molar-refractivity contribution < 1.29 is 40.4 Å². The Hall–Kier alpha value is -16.1. The number of rotatable bonds is 5. The second kappa shape index (κ2) is 31.0. The van der Waals surface area contributed by atoms with Gasteiger partial charge < -0.3 is 26.7 Å². The van der Waals surface area contributed by atoms with Crippen LogP contribution in [0.4, 0.5) is 0 Å². The van der Waals surface area contributed by atoms with E-state index in [1.54, 1.807) is 0 Å². The molecule has 14 aromatic carbocycles. The van der Waals surface area contributed by atoms with Crippen molar-refractivity contribution in [1.29, 1.82) is 0 Å². The fourth-order valence-corrected chi connectivity index (χ4v) is 20.3. The zero-order chi connectivity index (χ0) is 87.0. The van der Waals surface area contributed by atoms with Gasteiger partial charge in [-0.3, -0.25) is 9.97 Å². The van der Waals surface area contributed by atoms with Crippen LogP contribution in [-0.4, -0.2) is 23.7 Å². The predicted molar refractivity (Wildman–Crippen MR) is 521 cm³/mol. The third-order valence-corrected chi connectivity index (χ3v) is 26.4. The van der Waals surface area contributed by atoms with E-state index < -0.39 is 0 Å². The minimum absolute atomic E-state index is 0.898. The number of aryl methyl sites for hydroxylation is 12. The number of para-hydroxylation sites is 7. The van der Waals surface area contributed by atoms with Gasteiger partial charge in [0.1, 0.15) is 71.1 Å². The number of fused-ring (bicyclic) bond motifs is 26. The first-order chi connectivity index (χ1) is 62.6. The molecule has 0 unspecified atom stereocenters. The molecule has 0 spiro atoms. The van der Waals surface area contributed by atoms with E-state index in [-0.39, 0.29) is 0 Å². The maximum Gasteiger partial charge on any atom is 0.293 e. The van der Waals surface area contributed by atoms with Crippen LogP contribution in [0.1, 0.15) is 33.5 Å². The number of hydrogen-bond acceptors (Lipinski definition) is 7. The lowest BCUT2D eigenvalue weighted by Gasteiger charge is -2.14. The van der Waals surface area contributed by atoms with Crippen LogP contribution in [0, 0.1) is 41.5 Å². The van der Waals surface area contributed by atoms with E-state index in [0.29, 0.717) is 0 Å². The fourth-order valence-electron chi connectivity index (χ4n) is 20.3. The van der Waals surface area contributed by atoms with Gasteiger partial charge in [-0.1, -0.05) is 182 Å². The maximum atomic E-state index is 6.51. The Labute approximate surface area is 737 Å². The van der Waals surface area contributed by atoms with Gasteiger partial charge in [0.15, 0.2) is 45.8 Å². The second-order valence-electron chi connectivity index (χ2n) is 33.6. The summed E-state index contributed by atoms with van der Waals surface area (Å²) in [6.07, 6.45) is 16.1. The van der Waals surface area contributed by atoms with Crippen molar-refractivity contribution in [2.75, 3.05) is 0 Å². The van der Waals surface area contributed by atoms with Crippen LogP contribution in [0.5, 0.6) is 0 Å². The number of hydrogen-bond donors (Lipinski definition) is 0. The van der Waals surface area contributed by atoms with E-state index in [9.17, 15) is 0 Å². The molecule has 26 rings (SSSR count). The van der Waals surface area contributed by atoms with Crippen molar-refractivity contribution in [1.82, 2.24) is 23.7 Å². The summed E-state index contributed by atoms with van der Waals surface area (Å²) in [5, 5.41) is 22.7. The highest BCUT2D eigenvalue weighted by molar-refractivity contribution is 6.28. The van der Waals surface area contributed by atoms with Gasteiger partial charge in [0.25, 0.3) is 11.6 Å². The quantitative estimate of drug-likeness (QED) is 0.157. The highest BCUT2D eigenvalue weighted by Gasteiger charge is 2.33. The molecule has 128 heavy (non-hydrogen) atoms. The van der Waals surface area contributed by atoms with Crippen molar-refractivity contribution in [3.05, 3.63) is 368 Å². The van der Waals surface area contributed by atoms with Crippen molar-refractivity contribution in [3.63, 3.8) is 0 Å². The van der Waals surface area contributed by atoms with Gasteiger partial charge in [-0.15, -0.1) is 0 Å². The maximum absolute atomic E-state index is 6.51. The van der Waals surface area contributed by atoms with Crippen LogP contribution in [0.15, 0.2) is 357 Å². The lowest BCUT2D eigenvalue weighted by molar-refractivity contribution is -0.660. The molecule has 12 aromatic heterocycles. The van der Waals surface area contributed by atoms with Crippen molar-refractivity contribution in [2.45, 2.75) is 41.5 Å². The molecule has 0 saturated carbocycles. The Balaban J connectivity index is 0.0000000944. The Kier molecular flexibility index (Phi) is 18.9. The second-order valence-corrected chi connectivity index (χ2v) is 33.6. The van der Waals surface area contributed by atoms with Crippen LogP contribution in [-0.2, 0) is 42.3 Å². The standard InChI is InChI=1S/C26H21N2O.C22H19N2O.2C22H17N2O.C22H17NO/c1-16-17-10-4-5-11-18(17)24-19-12-6-9-15-22(19)29-25(24)23(16)26-27(2)20-13-7-8-14-21(20)28(26)3;1-14-15-8-4-5-9-16(15)20-17-10-6-7-11-18(17)25-21(20)19(14)22-23(2)12-13-24(22)3;1-14-15-9-7-12-23-21(15)20-16-8-3-4-11-18(16)25-22(20)19(14)17-10-5-6-13-24(17)2;1-14-15-10-11-23-13-17(15)21-16-7-3-4-9-19(16)25-22(21)20(14)18-8-5-6-12-24(18)2;1-14-8-7-13-23(14)21-15(2)16-9-3-4-10-17(16)20-18-11-5-6-12-19(18)24-22(20)21/h4-15H,1-3H3;4-13H,1-3H3;2*3-13H,1-2H3;3-13H,1-2H3/q4*+1;. The number of pyridine rings is 4. The summed E-state index contributed by atoms with van der Waals surface area (Å²) in [7, 11) is 12.6. The molecule has 0 aliphatic heterocycles. The molecule has 0 aliphatic carbocycles. The largest absolute Gasteiger partial charge is 0.455 e. The van der Waals surface area contributed by atoms with Gasteiger partial charge in [-0.25, -0.2) is 27.4 Å². The van der Waals surface area contributed by atoms with Crippen LogP contribution in [0.2, 0.25) is 0 Å². The summed E-state index contributed by atoms with van der Waals surface area (Å²) in [6, 6.07) is 98.7. The zero-order valence-corrected chi connectivity index (χ0v) is 73.3. The fraction of sp³-hybridized carbons (Fsp3) is 0.105. The Morgan fingerprint density at radius 2 is 0.672 bits per heavy atom. The van der Waals surface area contributed by atoms with E-state index in [1.165, 1.54) is 126 Å². The molecule has 0 saturated heterocycles. The Bertz CT molecular complexity index is 8770. The minimum Gasteiger partial charge on any atom is -0.455 e. The molecular formula is C114H91N9O5+4. The monoisotopic (exact) mass is 1670 g/mol. The highest BCUT2D eigenvalue weighted by atomic mass is 16.3. The van der Waals surface area contributed by atoms with E-state index >= 15 is 0 Å². The molecule has 0 bridgehead atoms. The number of benzene rings is 14. The molecule has 14 heteroatoms. The SMILES string of the molecule is Cc1c(-c2cccc[n+]2C)c2oc3ccccc3c2c2cnccc12.Cc1c(-c2cccc[n+]2C)c2oc3ccccc3c2c2ncccc12.Cc1c(-c2n(C)c3ccccc3[n+]2C)c2oc3ccccc3c2c2ccccc12.Cc1c(-c2n(C)cc[n+]2C)c2oc3ccccc3c2c2ccccc12.Cc1c(-n2cccc2C)c2oc3ccccc3c2c2ccccc12. The molecule has 0 atom stereocenters. The average molecular weight is 1670 g/mol. The third kappa shape index (κ3) is 12.3. The van der Waals surface area contributed by atoms with E-state index in [0.717, 1.165) is 134 Å². The van der Waals surface area contributed by atoms with Crippen LogP contribution in [0.3, 0.4) is 0 Å². The first kappa shape index (κ1) is 78.0. The number of imidazole rings is 2. The molecule has 0 amide bonds. The van der Waals surface area contributed by atoms with Crippen molar-refractivity contribution in [2.24, 2.45) is 42.3 Å². The first-order valence-electron chi connectivity index (χ1n) is 43.4. The molecule has 14 nitrogen and oxygen atoms in total. The van der Waals surface area contributed by atoms with Gasteiger partial charge in [0.2, 0.25) is 11.4 Å². The smallest absolute Gasteiger partial charge is 0.293 e. The zero-order valence-electron chi connectivity index (χ0n) is 73.3. The Morgan fingerprint density at radius 1 is 0.289 bits per heavy atom. The lowest BCUT2D eigenvalue weighted by atomic mass is 9.94. The molecule has 26 aromatic rings. The topological polar surface area (TPSA) is 122 Å². The summed E-state index contributed by atoms with van der Waals surface area (Å²) >= 11 is 0. The molecule has 0 aliphatic rings. The van der Waals surface area contributed by atoms with Crippen LogP contribution < -0.4 is 18.3 Å². The molecule has 0 radical (unpaired) electrons. The summed E-state index contributed by atoms with van der Waals surface area (Å²) in [6.45, 7) is 13.0. The van der Waals surface area contributed by atoms with Gasteiger partial charge in [0, 0.05) is 114 Å². The third-order valence-electron chi connectivity index (χ3n) is 26.4. The van der Waals surface area contributed by atoms with E-state index in [4.69, 9.17) is 22.1 Å². The molecule has 12 heterocycles. The van der Waals surface area contributed by atoms with E-state index in [1.807, 2.05) is 97.5 Å². The molecule has 0 fully saturated rings. The summed E-state index contributed by atoms with van der Waals surface area (Å²) < 4.78 is 47.3. The van der Waals surface area contributed by atoms with Crippen molar-refractivity contribution >= 4 is 175 Å². The van der Waals surface area contributed by atoms with E-state index in [2.05, 4.69) is 363 Å². The Morgan fingerprint density at radius 3 is 1.15 bits per heavy atom. The van der Waals surface area contributed by atoms with Gasteiger partial charge in [-0.05, 0) is 186 Å². The normalized spacial score (nSPS) is 11.8. The number of nitrogens with zero attached hydrogens (tertiary/aromatic N) is 9. The predicted octanol–water partition coefficient (Wildman–Crippen LogP) is 26.9. The number of furan rings is 5. The van der Waals surface area contributed by atoms with Crippen LogP contribution in [0.25, 0.3) is 226 Å². The lowest BCUT2D eigenvalue weighted by Crippen LogP contribution is -2.30. The minimum atomic E-state index is 0.898. The van der Waals surface area contributed by atoms with Gasteiger partial charge in [-0.2, -0.15) is 0 Å². The molecule has 0 N–H and O–H groups in total. The first-order valence-corrected chi connectivity index (χ1v) is 43.4. The highest BCUT2D eigenvalue weighted by Crippen LogP contribution is 2.49. The summed E-state index contributed by atoms with van der Waals surface area (Å²) in [4.78, 5) is 9.05.